The van der Waals surface area contributed by atoms with Crippen LogP contribution in [0.5, 0.6) is 0 Å². The fraction of sp³-hybridized carbons (Fsp3) is 0.471. The molecule has 1 fully saturated rings. The second-order valence-electron chi connectivity index (χ2n) is 7.46. The van der Waals surface area contributed by atoms with Crippen molar-refractivity contribution >= 4 is 21.1 Å². The van der Waals surface area contributed by atoms with Crippen LogP contribution in [-0.4, -0.2) is 41.2 Å². The van der Waals surface area contributed by atoms with E-state index >= 15 is 0 Å². The molecule has 140 valence electrons. The second-order valence-corrected chi connectivity index (χ2v) is 9.14. The highest BCUT2D eigenvalue weighted by Crippen LogP contribution is 2.36. The summed E-state index contributed by atoms with van der Waals surface area (Å²) in [7, 11) is -0.0421. The Balaban J connectivity index is 1.72. The lowest BCUT2D eigenvalue weighted by molar-refractivity contribution is 0.314. The number of hydrazine groups is 1. The molecule has 26 heavy (non-hydrogen) atoms. The molecule has 1 aliphatic carbocycles. The Morgan fingerprint density at radius 1 is 1.27 bits per heavy atom. The van der Waals surface area contributed by atoms with Gasteiger partial charge >= 0.3 is 5.69 Å². The van der Waals surface area contributed by atoms with Gasteiger partial charge < -0.3 is 5.01 Å². The van der Waals surface area contributed by atoms with E-state index in [1.54, 1.807) is 29.8 Å². The number of nitrogens with one attached hydrogen (secondary N) is 2. The van der Waals surface area contributed by atoms with Crippen molar-refractivity contribution in [2.75, 3.05) is 7.05 Å². The summed E-state index contributed by atoms with van der Waals surface area (Å²) >= 11 is 0. The molecule has 4 rings (SSSR count). The summed E-state index contributed by atoms with van der Waals surface area (Å²) < 4.78 is 31.1. The molecule has 2 aromatic rings. The number of aromatic nitrogens is 2. The lowest BCUT2D eigenvalue weighted by atomic mass is 10.3. The smallest absolute Gasteiger partial charge is 0.318 e. The van der Waals surface area contributed by atoms with E-state index in [4.69, 9.17) is 0 Å². The molecule has 0 spiro atoms. The number of imidazole rings is 1. The maximum Gasteiger partial charge on any atom is 0.328 e. The quantitative estimate of drug-likeness (QED) is 0.792. The number of hydrogen-bond donors (Lipinski definition) is 2. The van der Waals surface area contributed by atoms with Gasteiger partial charge in [0.15, 0.2) is 0 Å². The van der Waals surface area contributed by atoms with E-state index in [0.717, 1.165) is 18.4 Å². The van der Waals surface area contributed by atoms with Crippen LogP contribution in [0.4, 0.5) is 0 Å². The summed E-state index contributed by atoms with van der Waals surface area (Å²) in [4.78, 5) is 12.8. The van der Waals surface area contributed by atoms with Gasteiger partial charge in [0.2, 0.25) is 10.0 Å². The van der Waals surface area contributed by atoms with Gasteiger partial charge in [0.25, 0.3) is 0 Å². The molecule has 2 N–H and O–H groups in total. The second kappa shape index (κ2) is 5.70. The Labute approximate surface area is 152 Å². The van der Waals surface area contributed by atoms with Crippen LogP contribution in [0.25, 0.3) is 11.0 Å². The number of rotatable bonds is 5. The van der Waals surface area contributed by atoms with Gasteiger partial charge in [-0.3, -0.25) is 9.13 Å². The van der Waals surface area contributed by atoms with E-state index in [9.17, 15) is 13.2 Å². The van der Waals surface area contributed by atoms with Crippen LogP contribution >= 0.6 is 0 Å². The van der Waals surface area contributed by atoms with E-state index < -0.39 is 10.0 Å². The monoisotopic (exact) mass is 377 g/mol. The molecule has 2 heterocycles. The van der Waals surface area contributed by atoms with Gasteiger partial charge in [-0.15, -0.1) is 0 Å². The Bertz CT molecular complexity index is 1060. The van der Waals surface area contributed by atoms with Crippen LogP contribution < -0.4 is 15.8 Å². The topological polar surface area (TPSA) is 88.4 Å². The average molecular weight is 377 g/mol. The first-order chi connectivity index (χ1) is 12.2. The van der Waals surface area contributed by atoms with Crippen molar-refractivity contribution in [1.82, 2.24) is 24.3 Å². The molecule has 1 atom stereocenters. The predicted molar refractivity (Wildman–Crippen MR) is 99.0 cm³/mol. The molecule has 0 saturated heterocycles. The summed E-state index contributed by atoms with van der Waals surface area (Å²) in [5.74, 6) is 0. The predicted octanol–water partition coefficient (Wildman–Crippen LogP) is 0.503. The van der Waals surface area contributed by atoms with E-state index in [2.05, 4.69) is 10.1 Å². The minimum absolute atomic E-state index is 0.0168. The molecule has 1 saturated carbocycles. The standard InChI is InChI=1S/C17H23N5O3S/c1-17(7-8-17)19-26(24,25)13-4-5-14-15(10-13)21(3)16(23)22(14)11-12-6-9-20(2)18-12/h4-6,9-10,12,18-19H,7-8,11H2,1-3H3. The van der Waals surface area contributed by atoms with Crippen LogP contribution in [0.15, 0.2) is 40.2 Å². The van der Waals surface area contributed by atoms with Crippen molar-refractivity contribution in [2.24, 2.45) is 7.05 Å². The number of nitrogens with zero attached hydrogens (tertiary/aromatic N) is 3. The normalized spacial score (nSPS) is 21.7. The molecule has 8 nitrogen and oxygen atoms in total. The third kappa shape index (κ3) is 2.95. The van der Waals surface area contributed by atoms with Gasteiger partial charge in [-0.25, -0.2) is 23.4 Å². The molecule has 0 radical (unpaired) electrons. The molecule has 1 aromatic heterocycles. The summed E-state index contributed by atoms with van der Waals surface area (Å²) in [5.41, 5.74) is 4.05. The molecule has 2 aliphatic rings. The fourth-order valence-electron chi connectivity index (χ4n) is 3.28. The van der Waals surface area contributed by atoms with Gasteiger partial charge in [-0.1, -0.05) is 0 Å². The minimum Gasteiger partial charge on any atom is -0.318 e. The molecule has 0 amide bonds. The Hall–Kier alpha value is -2.10. The van der Waals surface area contributed by atoms with E-state index in [1.165, 1.54) is 4.57 Å². The van der Waals surface area contributed by atoms with Crippen molar-refractivity contribution in [2.45, 2.75) is 42.8 Å². The van der Waals surface area contributed by atoms with Gasteiger partial charge in [0.05, 0.1) is 22.0 Å². The number of fused-ring (bicyclic) bond motifs is 1. The van der Waals surface area contributed by atoms with Crippen molar-refractivity contribution in [3.63, 3.8) is 0 Å². The zero-order chi connectivity index (χ0) is 18.7. The van der Waals surface area contributed by atoms with Crippen LogP contribution in [0.1, 0.15) is 19.8 Å². The highest BCUT2D eigenvalue weighted by atomic mass is 32.2. The highest BCUT2D eigenvalue weighted by molar-refractivity contribution is 7.89. The Morgan fingerprint density at radius 3 is 2.62 bits per heavy atom. The first-order valence-corrected chi connectivity index (χ1v) is 10.1. The molecule has 1 aromatic carbocycles. The fourth-order valence-corrected chi connectivity index (χ4v) is 4.77. The van der Waals surface area contributed by atoms with Crippen LogP contribution in [0.3, 0.4) is 0 Å². The van der Waals surface area contributed by atoms with Crippen LogP contribution in [0, 0.1) is 0 Å². The SMILES string of the molecule is CN1C=CC(Cn2c(=O)n(C)c3cc(S(=O)(=O)NC4(C)CC4)ccc32)N1. The number of hydrogen-bond acceptors (Lipinski definition) is 5. The summed E-state index contributed by atoms with van der Waals surface area (Å²) in [6, 6.07) is 4.87. The first-order valence-electron chi connectivity index (χ1n) is 8.59. The maximum atomic E-state index is 12.7. The lowest BCUT2D eigenvalue weighted by Crippen LogP contribution is -2.37. The molecule has 9 heteroatoms. The Kier molecular flexibility index (Phi) is 3.80. The van der Waals surface area contributed by atoms with Gasteiger partial charge in [-0.2, -0.15) is 0 Å². The number of sulfonamides is 1. The first kappa shape index (κ1) is 17.3. The number of aryl methyl sites for hydroxylation is 1. The largest absolute Gasteiger partial charge is 0.328 e. The molecule has 1 unspecified atom stereocenters. The summed E-state index contributed by atoms with van der Waals surface area (Å²) in [6.07, 6.45) is 5.60. The van der Waals surface area contributed by atoms with Gasteiger partial charge in [0, 0.05) is 32.4 Å². The lowest BCUT2D eigenvalue weighted by Gasteiger charge is -2.15. The van der Waals surface area contributed by atoms with Crippen LogP contribution in [0.2, 0.25) is 0 Å². The van der Waals surface area contributed by atoms with Gasteiger partial charge in [-0.05, 0) is 44.0 Å². The average Bonchev–Trinajstić information content (AvgIpc) is 3.06. The van der Waals surface area contributed by atoms with E-state index in [-0.39, 0.29) is 22.2 Å². The minimum atomic E-state index is -3.60. The van der Waals surface area contributed by atoms with Crippen molar-refractivity contribution in [1.29, 1.82) is 0 Å². The van der Waals surface area contributed by atoms with Crippen molar-refractivity contribution < 1.29 is 8.42 Å². The Morgan fingerprint density at radius 2 is 2.00 bits per heavy atom. The summed E-state index contributed by atoms with van der Waals surface area (Å²) in [6.45, 7) is 2.37. The molecular weight excluding hydrogens is 354 g/mol. The van der Waals surface area contributed by atoms with Crippen molar-refractivity contribution in [3.05, 3.63) is 41.0 Å². The zero-order valence-electron chi connectivity index (χ0n) is 15.1. The molecule has 1 aliphatic heterocycles. The molecular formula is C17H23N5O3S. The van der Waals surface area contributed by atoms with Crippen LogP contribution in [-0.2, 0) is 23.6 Å². The van der Waals surface area contributed by atoms with E-state index in [0.29, 0.717) is 12.1 Å². The van der Waals surface area contributed by atoms with Crippen molar-refractivity contribution in [3.8, 4) is 0 Å². The maximum absolute atomic E-state index is 12.7. The summed E-state index contributed by atoms with van der Waals surface area (Å²) in [5, 5.41) is 1.84. The molecule has 0 bridgehead atoms. The third-order valence-corrected chi connectivity index (χ3v) is 6.73. The highest BCUT2D eigenvalue weighted by Gasteiger charge is 2.41. The third-order valence-electron chi connectivity index (χ3n) is 5.10. The van der Waals surface area contributed by atoms with E-state index in [1.807, 2.05) is 31.3 Å². The number of benzene rings is 1. The zero-order valence-corrected chi connectivity index (χ0v) is 15.9. The van der Waals surface area contributed by atoms with Gasteiger partial charge in [0.1, 0.15) is 0 Å².